The van der Waals surface area contributed by atoms with Gasteiger partial charge in [0, 0.05) is 21.5 Å². The first-order valence-corrected chi connectivity index (χ1v) is 10.6. The molecule has 0 aliphatic heterocycles. The highest BCUT2D eigenvalue weighted by molar-refractivity contribution is 9.10. The fourth-order valence-electron chi connectivity index (χ4n) is 2.44. The molecule has 0 saturated heterocycles. The number of rotatable bonds is 6. The van der Waals surface area contributed by atoms with Crippen LogP contribution in [0.25, 0.3) is 17.3 Å². The van der Waals surface area contributed by atoms with E-state index >= 15 is 0 Å². The Morgan fingerprint density at radius 3 is 2.57 bits per heavy atom. The average molecular weight is 524 g/mol. The molecule has 0 aliphatic carbocycles. The maximum atomic E-state index is 12.2. The number of aromatic nitrogens is 1. The predicted octanol–water partition coefficient (Wildman–Crippen LogP) is 6.00. The van der Waals surface area contributed by atoms with Crippen LogP contribution >= 0.6 is 43.2 Å². The second-order valence-corrected chi connectivity index (χ2v) is 8.23. The summed E-state index contributed by atoms with van der Waals surface area (Å²) < 4.78 is 12.3. The van der Waals surface area contributed by atoms with Crippen molar-refractivity contribution in [1.82, 2.24) is 4.98 Å². The van der Waals surface area contributed by atoms with Crippen LogP contribution in [0.5, 0.6) is 11.5 Å². The maximum Gasteiger partial charge on any atom is 0.250 e. The molecule has 2 aromatic carbocycles. The monoisotopic (exact) mass is 522 g/mol. The standard InChI is InChI=1S/C20H16Br2N2O3S/c1-26-17-10-12(9-15(22)19(17)27-2)3-8-18(25)24-20-23-16(11-28-20)13-4-6-14(21)7-5-13/h3-11H,1-2H3,(H,23,24,25). The van der Waals surface area contributed by atoms with Gasteiger partial charge in [-0.25, -0.2) is 4.98 Å². The lowest BCUT2D eigenvalue weighted by atomic mass is 10.2. The van der Waals surface area contributed by atoms with E-state index in [1.54, 1.807) is 26.4 Å². The van der Waals surface area contributed by atoms with Crippen molar-refractivity contribution in [3.8, 4) is 22.8 Å². The second kappa shape index (κ2) is 9.36. The molecule has 3 aromatic rings. The number of carbonyl (C=O) groups excluding carboxylic acids is 1. The number of halogens is 2. The van der Waals surface area contributed by atoms with Crippen LogP contribution < -0.4 is 14.8 Å². The molecule has 28 heavy (non-hydrogen) atoms. The van der Waals surface area contributed by atoms with E-state index < -0.39 is 0 Å². The third-order valence-corrected chi connectivity index (χ3v) is 5.63. The molecule has 8 heteroatoms. The highest BCUT2D eigenvalue weighted by Gasteiger charge is 2.10. The minimum Gasteiger partial charge on any atom is -0.493 e. The Balaban J connectivity index is 1.69. The molecule has 0 atom stereocenters. The van der Waals surface area contributed by atoms with Gasteiger partial charge in [0.05, 0.1) is 24.4 Å². The number of anilines is 1. The Labute approximate surface area is 183 Å². The molecular formula is C20H16Br2N2O3S. The number of hydrogen-bond donors (Lipinski definition) is 1. The van der Waals surface area contributed by atoms with Crippen molar-refractivity contribution in [1.29, 1.82) is 0 Å². The lowest BCUT2D eigenvalue weighted by molar-refractivity contribution is -0.111. The third-order valence-electron chi connectivity index (χ3n) is 3.76. The van der Waals surface area contributed by atoms with Gasteiger partial charge in [0.25, 0.3) is 0 Å². The van der Waals surface area contributed by atoms with Crippen molar-refractivity contribution in [2.24, 2.45) is 0 Å². The van der Waals surface area contributed by atoms with Crippen molar-refractivity contribution >= 4 is 60.3 Å². The van der Waals surface area contributed by atoms with E-state index in [2.05, 4.69) is 42.2 Å². The van der Waals surface area contributed by atoms with Crippen LogP contribution in [0.2, 0.25) is 0 Å². The van der Waals surface area contributed by atoms with E-state index in [1.807, 2.05) is 35.7 Å². The summed E-state index contributed by atoms with van der Waals surface area (Å²) >= 11 is 8.23. The minimum atomic E-state index is -0.261. The SMILES string of the molecule is COc1cc(C=CC(=O)Nc2nc(-c3ccc(Br)cc3)cs2)cc(Br)c1OC. The van der Waals surface area contributed by atoms with Gasteiger partial charge in [-0.3, -0.25) is 10.1 Å². The molecule has 0 fully saturated rings. The number of amides is 1. The van der Waals surface area contributed by atoms with Gasteiger partial charge >= 0.3 is 0 Å². The molecular weight excluding hydrogens is 508 g/mol. The maximum absolute atomic E-state index is 12.2. The Kier molecular flexibility index (Phi) is 6.88. The normalized spacial score (nSPS) is 10.9. The molecule has 0 unspecified atom stereocenters. The smallest absolute Gasteiger partial charge is 0.250 e. The van der Waals surface area contributed by atoms with Gasteiger partial charge in [0.15, 0.2) is 16.6 Å². The van der Waals surface area contributed by atoms with Crippen molar-refractivity contribution in [2.75, 3.05) is 19.5 Å². The van der Waals surface area contributed by atoms with E-state index in [4.69, 9.17) is 9.47 Å². The van der Waals surface area contributed by atoms with Gasteiger partial charge in [-0.2, -0.15) is 0 Å². The Bertz CT molecular complexity index is 1020. The number of thiazole rings is 1. The number of benzene rings is 2. The molecule has 0 bridgehead atoms. The fourth-order valence-corrected chi connectivity index (χ4v) is 4.05. The van der Waals surface area contributed by atoms with Crippen molar-refractivity contribution in [3.63, 3.8) is 0 Å². The molecule has 0 spiro atoms. The van der Waals surface area contributed by atoms with E-state index in [0.717, 1.165) is 25.8 Å². The van der Waals surface area contributed by atoms with Crippen LogP contribution in [0.15, 0.2) is 56.8 Å². The molecule has 144 valence electrons. The Morgan fingerprint density at radius 1 is 1.14 bits per heavy atom. The van der Waals surface area contributed by atoms with Gasteiger partial charge in [-0.15, -0.1) is 11.3 Å². The van der Waals surface area contributed by atoms with Gasteiger partial charge in [0.2, 0.25) is 5.91 Å². The van der Waals surface area contributed by atoms with Gasteiger partial charge < -0.3 is 9.47 Å². The number of nitrogens with one attached hydrogen (secondary N) is 1. The molecule has 1 heterocycles. The van der Waals surface area contributed by atoms with Crippen LogP contribution in [0.3, 0.4) is 0 Å². The summed E-state index contributed by atoms with van der Waals surface area (Å²) in [7, 11) is 3.14. The highest BCUT2D eigenvalue weighted by atomic mass is 79.9. The predicted molar refractivity (Wildman–Crippen MR) is 120 cm³/mol. The summed E-state index contributed by atoms with van der Waals surface area (Å²) in [5.74, 6) is 0.922. The zero-order valence-electron chi connectivity index (χ0n) is 15.0. The summed E-state index contributed by atoms with van der Waals surface area (Å²) in [6.45, 7) is 0. The van der Waals surface area contributed by atoms with Crippen LogP contribution in [0.4, 0.5) is 5.13 Å². The zero-order valence-corrected chi connectivity index (χ0v) is 19.0. The van der Waals surface area contributed by atoms with Gasteiger partial charge in [-0.05, 0) is 51.8 Å². The van der Waals surface area contributed by atoms with Crippen LogP contribution in [-0.4, -0.2) is 25.1 Å². The van der Waals surface area contributed by atoms with Crippen molar-refractivity contribution in [3.05, 3.63) is 62.4 Å². The van der Waals surface area contributed by atoms with E-state index in [-0.39, 0.29) is 5.91 Å². The topological polar surface area (TPSA) is 60.5 Å². The lowest BCUT2D eigenvalue weighted by Gasteiger charge is -2.10. The molecule has 5 nitrogen and oxygen atoms in total. The zero-order chi connectivity index (χ0) is 20.1. The molecule has 1 aromatic heterocycles. The highest BCUT2D eigenvalue weighted by Crippen LogP contribution is 2.36. The first-order chi connectivity index (χ1) is 13.5. The van der Waals surface area contributed by atoms with Gasteiger partial charge in [-0.1, -0.05) is 28.1 Å². The summed E-state index contributed by atoms with van der Waals surface area (Å²) in [6, 6.07) is 11.5. The molecule has 0 radical (unpaired) electrons. The molecule has 3 rings (SSSR count). The van der Waals surface area contributed by atoms with E-state index in [9.17, 15) is 4.79 Å². The number of carbonyl (C=O) groups is 1. The quantitative estimate of drug-likeness (QED) is 0.402. The van der Waals surface area contributed by atoms with Crippen LogP contribution in [0.1, 0.15) is 5.56 Å². The molecule has 1 amide bonds. The summed E-state index contributed by atoms with van der Waals surface area (Å²) in [5, 5.41) is 5.24. The van der Waals surface area contributed by atoms with Crippen molar-refractivity contribution < 1.29 is 14.3 Å². The van der Waals surface area contributed by atoms with Crippen LogP contribution in [0, 0.1) is 0 Å². The minimum absolute atomic E-state index is 0.261. The number of hydrogen-bond acceptors (Lipinski definition) is 5. The Morgan fingerprint density at radius 2 is 1.89 bits per heavy atom. The third kappa shape index (κ3) is 5.01. The van der Waals surface area contributed by atoms with E-state index in [1.165, 1.54) is 17.4 Å². The van der Waals surface area contributed by atoms with Crippen LogP contribution in [-0.2, 0) is 4.79 Å². The molecule has 0 aliphatic rings. The molecule has 0 saturated carbocycles. The average Bonchev–Trinajstić information content (AvgIpc) is 3.14. The summed E-state index contributed by atoms with van der Waals surface area (Å²) in [6.07, 6.45) is 3.15. The van der Waals surface area contributed by atoms with Crippen molar-refractivity contribution in [2.45, 2.75) is 0 Å². The summed E-state index contributed by atoms with van der Waals surface area (Å²) in [5.41, 5.74) is 2.61. The number of ether oxygens (including phenoxy) is 2. The second-order valence-electron chi connectivity index (χ2n) is 5.61. The summed E-state index contributed by atoms with van der Waals surface area (Å²) in [4.78, 5) is 16.7. The molecule has 1 N–H and O–H groups in total. The lowest BCUT2D eigenvalue weighted by Crippen LogP contribution is -2.07. The van der Waals surface area contributed by atoms with E-state index in [0.29, 0.717) is 16.6 Å². The Hall–Kier alpha value is -2.16. The number of nitrogens with zero attached hydrogens (tertiary/aromatic N) is 1. The number of methoxy groups -OCH3 is 2. The fraction of sp³-hybridized carbons (Fsp3) is 0.100. The first kappa shape index (κ1) is 20.6. The first-order valence-electron chi connectivity index (χ1n) is 8.12. The van der Waals surface area contributed by atoms with Gasteiger partial charge in [0.1, 0.15) is 0 Å². The largest absolute Gasteiger partial charge is 0.493 e.